The van der Waals surface area contributed by atoms with Crippen LogP contribution in [0.4, 0.5) is 0 Å². The van der Waals surface area contributed by atoms with Gasteiger partial charge in [-0.2, -0.15) is 0 Å². The molecule has 0 aliphatic heterocycles. The second kappa shape index (κ2) is 3.21. The van der Waals surface area contributed by atoms with Crippen molar-refractivity contribution in [2.75, 3.05) is 0 Å². The van der Waals surface area contributed by atoms with Crippen molar-refractivity contribution in [3.63, 3.8) is 0 Å². The molecule has 0 rings (SSSR count). The molecule has 1 heteroatoms. The molecule has 0 aromatic rings. The highest BCUT2D eigenvalue weighted by molar-refractivity contribution is 6.77. The zero-order chi connectivity index (χ0) is 7.49. The van der Waals surface area contributed by atoms with Gasteiger partial charge in [-0.3, -0.25) is 0 Å². The van der Waals surface area contributed by atoms with Crippen molar-refractivity contribution in [1.82, 2.24) is 0 Å². The van der Waals surface area contributed by atoms with Crippen LogP contribution in [0.15, 0.2) is 12.2 Å². The van der Waals surface area contributed by atoms with E-state index in [1.807, 2.05) is 0 Å². The summed E-state index contributed by atoms with van der Waals surface area (Å²) in [6, 6.07) is 0. The maximum absolute atomic E-state index is 2.40. The minimum absolute atomic E-state index is 0.822. The molecule has 1 unspecified atom stereocenters. The lowest BCUT2D eigenvalue weighted by atomic mass is 10.4. The van der Waals surface area contributed by atoms with Crippen molar-refractivity contribution in [1.29, 1.82) is 0 Å². The SMILES string of the molecule is C/C=C/C(C)[Si](C)(C)C. The Hall–Kier alpha value is -0.0431. The van der Waals surface area contributed by atoms with Crippen molar-refractivity contribution in [3.05, 3.63) is 12.2 Å². The molecular formula is C8H18Si. The highest BCUT2D eigenvalue weighted by atomic mass is 28.3. The fourth-order valence-electron chi connectivity index (χ4n) is 0.577. The largest absolute Gasteiger partial charge is 0.0917 e. The van der Waals surface area contributed by atoms with Crippen LogP contribution in [0.3, 0.4) is 0 Å². The molecule has 54 valence electrons. The van der Waals surface area contributed by atoms with Gasteiger partial charge >= 0.3 is 0 Å². The van der Waals surface area contributed by atoms with Crippen molar-refractivity contribution in [2.24, 2.45) is 0 Å². The molecule has 0 saturated heterocycles. The molecule has 9 heavy (non-hydrogen) atoms. The summed E-state index contributed by atoms with van der Waals surface area (Å²) in [6.45, 7) is 11.6. The van der Waals surface area contributed by atoms with E-state index < -0.39 is 8.07 Å². The van der Waals surface area contributed by atoms with Crippen molar-refractivity contribution >= 4 is 8.07 Å². The van der Waals surface area contributed by atoms with Crippen LogP contribution in [0.2, 0.25) is 25.2 Å². The molecule has 0 amide bonds. The third-order valence-corrected chi connectivity index (χ3v) is 4.77. The molecule has 0 fully saturated rings. The molecule has 0 bridgehead atoms. The Morgan fingerprint density at radius 3 is 1.78 bits per heavy atom. The third-order valence-electron chi connectivity index (χ3n) is 1.85. The van der Waals surface area contributed by atoms with Gasteiger partial charge in [0.2, 0.25) is 0 Å². The van der Waals surface area contributed by atoms with E-state index >= 15 is 0 Å². The van der Waals surface area contributed by atoms with E-state index in [2.05, 4.69) is 45.6 Å². The zero-order valence-corrected chi connectivity index (χ0v) is 8.23. The Morgan fingerprint density at radius 2 is 1.67 bits per heavy atom. The van der Waals surface area contributed by atoms with Crippen LogP contribution < -0.4 is 0 Å². The van der Waals surface area contributed by atoms with E-state index in [0.717, 1.165) is 5.54 Å². The molecule has 0 saturated carbocycles. The minimum Gasteiger partial charge on any atom is -0.0917 e. The van der Waals surface area contributed by atoms with Gasteiger partial charge in [-0.25, -0.2) is 0 Å². The molecule has 0 aromatic heterocycles. The maximum Gasteiger partial charge on any atom is 0.0510 e. The number of rotatable bonds is 2. The first-order chi connectivity index (χ1) is 3.98. The Balaban J connectivity index is 3.88. The summed E-state index contributed by atoms with van der Waals surface area (Å²) < 4.78 is 0. The predicted octanol–water partition coefficient (Wildman–Crippen LogP) is 3.29. The Labute approximate surface area is 60.0 Å². The van der Waals surface area contributed by atoms with E-state index in [4.69, 9.17) is 0 Å². The third kappa shape index (κ3) is 3.52. The van der Waals surface area contributed by atoms with E-state index in [-0.39, 0.29) is 0 Å². The van der Waals surface area contributed by atoms with Crippen LogP contribution in [0, 0.1) is 0 Å². The lowest BCUT2D eigenvalue weighted by Gasteiger charge is -2.21. The lowest BCUT2D eigenvalue weighted by molar-refractivity contribution is 1.12. The van der Waals surface area contributed by atoms with Crippen LogP contribution in [0.1, 0.15) is 13.8 Å². The Bertz CT molecular complexity index is 97.6. The molecular weight excluding hydrogens is 124 g/mol. The molecule has 0 nitrogen and oxygen atoms in total. The predicted molar refractivity (Wildman–Crippen MR) is 47.6 cm³/mol. The quantitative estimate of drug-likeness (QED) is 0.410. The van der Waals surface area contributed by atoms with E-state index in [9.17, 15) is 0 Å². The topological polar surface area (TPSA) is 0 Å². The summed E-state index contributed by atoms with van der Waals surface area (Å²) in [4.78, 5) is 0. The number of allylic oxidation sites excluding steroid dienone is 2. The van der Waals surface area contributed by atoms with Gasteiger partial charge < -0.3 is 0 Å². The molecule has 0 N–H and O–H groups in total. The standard InChI is InChI=1S/C8H18Si/c1-6-7-8(2)9(3,4)5/h6-8H,1-5H3/b7-6+. The van der Waals surface area contributed by atoms with Gasteiger partial charge in [0.25, 0.3) is 0 Å². The van der Waals surface area contributed by atoms with Crippen LogP contribution in [0.5, 0.6) is 0 Å². The van der Waals surface area contributed by atoms with Crippen LogP contribution >= 0.6 is 0 Å². The van der Waals surface area contributed by atoms with Crippen LogP contribution in [-0.2, 0) is 0 Å². The maximum atomic E-state index is 2.40. The summed E-state index contributed by atoms with van der Waals surface area (Å²) >= 11 is 0. The second-order valence-corrected chi connectivity index (χ2v) is 9.32. The van der Waals surface area contributed by atoms with Gasteiger partial charge in [0.1, 0.15) is 0 Å². The van der Waals surface area contributed by atoms with Gasteiger partial charge in [-0.15, -0.1) is 0 Å². The first kappa shape index (κ1) is 8.96. The summed E-state index contributed by atoms with van der Waals surface area (Å²) in [5, 5.41) is 0. The molecule has 0 heterocycles. The minimum atomic E-state index is -0.868. The van der Waals surface area contributed by atoms with Gasteiger partial charge in [-0.05, 0) is 12.5 Å². The number of hydrogen-bond donors (Lipinski definition) is 0. The highest BCUT2D eigenvalue weighted by Crippen LogP contribution is 2.21. The fraction of sp³-hybridized carbons (Fsp3) is 0.750. The van der Waals surface area contributed by atoms with Gasteiger partial charge in [0, 0.05) is 0 Å². The molecule has 1 atom stereocenters. The second-order valence-electron chi connectivity index (χ2n) is 3.68. The van der Waals surface area contributed by atoms with E-state index in [1.165, 1.54) is 0 Å². The summed E-state index contributed by atoms with van der Waals surface area (Å²) in [7, 11) is -0.868. The Kier molecular flexibility index (Phi) is 3.19. The molecule has 0 aliphatic carbocycles. The fourth-order valence-corrected chi connectivity index (χ4v) is 1.35. The molecule has 0 aliphatic rings. The molecule has 0 aromatic carbocycles. The van der Waals surface area contributed by atoms with Crippen molar-refractivity contribution in [2.45, 2.75) is 39.0 Å². The van der Waals surface area contributed by atoms with Gasteiger partial charge in [-0.1, -0.05) is 38.7 Å². The first-order valence-electron chi connectivity index (χ1n) is 3.61. The van der Waals surface area contributed by atoms with Gasteiger partial charge in [0.05, 0.1) is 8.07 Å². The summed E-state index contributed by atoms with van der Waals surface area (Å²) in [6.07, 6.45) is 4.47. The average molecular weight is 142 g/mol. The zero-order valence-electron chi connectivity index (χ0n) is 7.23. The smallest absolute Gasteiger partial charge is 0.0510 e. The van der Waals surface area contributed by atoms with E-state index in [1.54, 1.807) is 0 Å². The average Bonchev–Trinajstić information content (AvgIpc) is 1.64. The first-order valence-corrected chi connectivity index (χ1v) is 7.19. The molecule has 0 spiro atoms. The van der Waals surface area contributed by atoms with Crippen LogP contribution in [0.25, 0.3) is 0 Å². The van der Waals surface area contributed by atoms with Gasteiger partial charge in [0.15, 0.2) is 0 Å². The number of hydrogen-bond acceptors (Lipinski definition) is 0. The summed E-state index contributed by atoms with van der Waals surface area (Å²) in [5.41, 5.74) is 0.822. The lowest BCUT2D eigenvalue weighted by Crippen LogP contribution is -2.24. The van der Waals surface area contributed by atoms with Crippen molar-refractivity contribution < 1.29 is 0 Å². The highest BCUT2D eigenvalue weighted by Gasteiger charge is 2.18. The van der Waals surface area contributed by atoms with Crippen LogP contribution in [-0.4, -0.2) is 8.07 Å². The monoisotopic (exact) mass is 142 g/mol. The van der Waals surface area contributed by atoms with Crippen molar-refractivity contribution in [3.8, 4) is 0 Å². The summed E-state index contributed by atoms with van der Waals surface area (Å²) in [5.74, 6) is 0. The molecule has 0 radical (unpaired) electrons. The van der Waals surface area contributed by atoms with E-state index in [0.29, 0.717) is 0 Å². The normalized spacial score (nSPS) is 16.6. The Morgan fingerprint density at radius 1 is 1.22 bits per heavy atom.